The van der Waals surface area contributed by atoms with E-state index in [-0.39, 0.29) is 11.9 Å². The quantitative estimate of drug-likeness (QED) is 0.755. The zero-order valence-corrected chi connectivity index (χ0v) is 15.3. The Morgan fingerprint density at radius 3 is 2.93 bits per heavy atom. The Morgan fingerprint density at radius 1 is 1.22 bits per heavy atom. The van der Waals surface area contributed by atoms with Crippen molar-refractivity contribution < 1.29 is 9.53 Å². The van der Waals surface area contributed by atoms with Crippen LogP contribution >= 0.6 is 0 Å². The maximum Gasteiger partial charge on any atom is 0.272 e. The summed E-state index contributed by atoms with van der Waals surface area (Å²) in [7, 11) is 1.68. The fourth-order valence-electron chi connectivity index (χ4n) is 3.67. The summed E-state index contributed by atoms with van der Waals surface area (Å²) in [5, 5.41) is 6.66. The Bertz CT molecular complexity index is 923. The smallest absolute Gasteiger partial charge is 0.272 e. The molecule has 6 heteroatoms. The van der Waals surface area contributed by atoms with E-state index in [0.717, 1.165) is 42.1 Å². The molecule has 1 aromatic carbocycles. The number of carbonyl (C=O) groups excluding carboxylic acids is 1. The van der Waals surface area contributed by atoms with Crippen molar-refractivity contribution in [3.8, 4) is 5.75 Å². The predicted octanol–water partition coefficient (Wildman–Crippen LogP) is 3.38. The highest BCUT2D eigenvalue weighted by Gasteiger charge is 2.32. The molecular formula is C21H22N4O2. The van der Waals surface area contributed by atoms with E-state index in [9.17, 15) is 4.79 Å². The molecule has 0 unspecified atom stereocenters. The molecule has 1 fully saturated rings. The van der Waals surface area contributed by atoms with Gasteiger partial charge in [0.25, 0.3) is 5.91 Å². The summed E-state index contributed by atoms with van der Waals surface area (Å²) in [4.78, 5) is 19.5. The van der Waals surface area contributed by atoms with Crippen LogP contribution in [-0.4, -0.2) is 39.6 Å². The van der Waals surface area contributed by atoms with Crippen molar-refractivity contribution in [1.82, 2.24) is 20.1 Å². The SMILES string of the molecule is COc1ccccc1Cc1cccc([C@@H]2CCCN2C(=O)c2ccn[nH]2)n1. The second-order valence-electron chi connectivity index (χ2n) is 6.67. The number of ether oxygens (including phenoxy) is 1. The third-order valence-electron chi connectivity index (χ3n) is 4.98. The number of carbonyl (C=O) groups is 1. The van der Waals surface area contributed by atoms with E-state index in [4.69, 9.17) is 9.72 Å². The molecule has 0 radical (unpaired) electrons. The molecule has 0 spiro atoms. The van der Waals surface area contributed by atoms with Gasteiger partial charge in [0.1, 0.15) is 11.4 Å². The zero-order valence-electron chi connectivity index (χ0n) is 15.3. The fourth-order valence-corrected chi connectivity index (χ4v) is 3.67. The topological polar surface area (TPSA) is 71.1 Å². The van der Waals surface area contributed by atoms with Crippen LogP contribution in [0.2, 0.25) is 0 Å². The maximum absolute atomic E-state index is 12.8. The molecule has 27 heavy (non-hydrogen) atoms. The van der Waals surface area contributed by atoms with Gasteiger partial charge in [-0.3, -0.25) is 14.9 Å². The molecule has 0 aliphatic carbocycles. The van der Waals surface area contributed by atoms with Crippen molar-refractivity contribution in [2.75, 3.05) is 13.7 Å². The summed E-state index contributed by atoms with van der Waals surface area (Å²) in [6.07, 6.45) is 4.19. The molecule has 0 saturated carbocycles. The molecule has 1 aliphatic rings. The largest absolute Gasteiger partial charge is 0.496 e. The molecule has 2 aromatic heterocycles. The number of para-hydroxylation sites is 1. The molecule has 4 rings (SSSR count). The summed E-state index contributed by atoms with van der Waals surface area (Å²) < 4.78 is 5.45. The number of methoxy groups -OCH3 is 1. The first-order valence-electron chi connectivity index (χ1n) is 9.14. The van der Waals surface area contributed by atoms with Crippen molar-refractivity contribution in [1.29, 1.82) is 0 Å². The van der Waals surface area contributed by atoms with Crippen LogP contribution in [0.4, 0.5) is 0 Å². The number of benzene rings is 1. The number of rotatable bonds is 5. The van der Waals surface area contributed by atoms with E-state index in [2.05, 4.69) is 16.3 Å². The van der Waals surface area contributed by atoms with E-state index < -0.39 is 0 Å². The highest BCUT2D eigenvalue weighted by atomic mass is 16.5. The monoisotopic (exact) mass is 362 g/mol. The van der Waals surface area contributed by atoms with Crippen molar-refractivity contribution in [3.63, 3.8) is 0 Å². The summed E-state index contributed by atoms with van der Waals surface area (Å²) in [5.74, 6) is 0.841. The van der Waals surface area contributed by atoms with Crippen LogP contribution in [0.1, 0.15) is 46.3 Å². The molecule has 138 valence electrons. The first-order valence-corrected chi connectivity index (χ1v) is 9.14. The van der Waals surface area contributed by atoms with Crippen LogP contribution in [0.25, 0.3) is 0 Å². The Morgan fingerprint density at radius 2 is 2.11 bits per heavy atom. The highest BCUT2D eigenvalue weighted by molar-refractivity contribution is 5.92. The lowest BCUT2D eigenvalue weighted by Gasteiger charge is -2.24. The van der Waals surface area contributed by atoms with Gasteiger partial charge in [-0.1, -0.05) is 24.3 Å². The van der Waals surface area contributed by atoms with E-state index in [1.807, 2.05) is 41.3 Å². The average molecular weight is 362 g/mol. The summed E-state index contributed by atoms with van der Waals surface area (Å²) in [5.41, 5.74) is 3.53. The van der Waals surface area contributed by atoms with Gasteiger partial charge in [0.05, 0.1) is 18.8 Å². The van der Waals surface area contributed by atoms with Gasteiger partial charge in [0.15, 0.2) is 0 Å². The third kappa shape index (κ3) is 3.56. The molecule has 1 N–H and O–H groups in total. The molecule has 1 amide bonds. The Labute approximate surface area is 158 Å². The van der Waals surface area contributed by atoms with Gasteiger partial charge in [-0.2, -0.15) is 5.10 Å². The van der Waals surface area contributed by atoms with Gasteiger partial charge in [-0.05, 0) is 37.1 Å². The van der Waals surface area contributed by atoms with E-state index in [1.54, 1.807) is 19.4 Å². The standard InChI is InChI=1S/C21H22N4O2/c1-27-20-10-3-2-6-15(20)14-16-7-4-8-17(23-16)19-9-5-13-25(19)21(26)18-11-12-22-24-18/h2-4,6-8,10-12,19H,5,9,13-14H2,1H3,(H,22,24)/t19-/m0/s1. The minimum absolute atomic E-state index is 0.00146. The van der Waals surface area contributed by atoms with E-state index >= 15 is 0 Å². The van der Waals surface area contributed by atoms with Gasteiger partial charge in [-0.25, -0.2) is 0 Å². The number of pyridine rings is 1. The number of H-pyrrole nitrogens is 1. The molecule has 6 nitrogen and oxygen atoms in total. The number of aromatic nitrogens is 3. The zero-order chi connectivity index (χ0) is 18.6. The molecule has 1 aliphatic heterocycles. The van der Waals surface area contributed by atoms with Crippen LogP contribution in [0, 0.1) is 0 Å². The number of nitrogens with zero attached hydrogens (tertiary/aromatic N) is 3. The summed E-state index contributed by atoms with van der Waals surface area (Å²) in [6.45, 7) is 0.737. The lowest BCUT2D eigenvalue weighted by atomic mass is 10.1. The van der Waals surface area contributed by atoms with E-state index in [0.29, 0.717) is 12.1 Å². The lowest BCUT2D eigenvalue weighted by molar-refractivity contribution is 0.0726. The van der Waals surface area contributed by atoms with Crippen molar-refractivity contribution in [2.24, 2.45) is 0 Å². The number of nitrogens with one attached hydrogen (secondary N) is 1. The lowest BCUT2D eigenvalue weighted by Crippen LogP contribution is -2.31. The Balaban J connectivity index is 1.57. The number of likely N-dealkylation sites (tertiary alicyclic amines) is 1. The Kier molecular flexibility index (Phi) is 4.87. The maximum atomic E-state index is 12.8. The minimum Gasteiger partial charge on any atom is -0.496 e. The summed E-state index contributed by atoms with van der Waals surface area (Å²) in [6, 6.07) is 15.7. The number of hydrogen-bond acceptors (Lipinski definition) is 4. The van der Waals surface area contributed by atoms with Gasteiger partial charge in [0, 0.05) is 30.4 Å². The number of hydrogen-bond donors (Lipinski definition) is 1. The van der Waals surface area contributed by atoms with Crippen molar-refractivity contribution >= 4 is 5.91 Å². The highest BCUT2D eigenvalue weighted by Crippen LogP contribution is 2.32. The van der Waals surface area contributed by atoms with Crippen LogP contribution in [0.3, 0.4) is 0 Å². The molecular weight excluding hydrogens is 340 g/mol. The third-order valence-corrected chi connectivity index (χ3v) is 4.98. The van der Waals surface area contributed by atoms with Crippen LogP contribution in [-0.2, 0) is 6.42 Å². The van der Waals surface area contributed by atoms with Gasteiger partial charge < -0.3 is 9.64 Å². The minimum atomic E-state index is -0.0214. The predicted molar refractivity (Wildman–Crippen MR) is 102 cm³/mol. The normalized spacial score (nSPS) is 16.5. The first kappa shape index (κ1) is 17.3. The van der Waals surface area contributed by atoms with Crippen molar-refractivity contribution in [2.45, 2.75) is 25.3 Å². The molecule has 3 heterocycles. The molecule has 3 aromatic rings. The second-order valence-corrected chi connectivity index (χ2v) is 6.67. The fraction of sp³-hybridized carbons (Fsp3) is 0.286. The average Bonchev–Trinajstić information content (AvgIpc) is 3.40. The van der Waals surface area contributed by atoms with Crippen LogP contribution < -0.4 is 4.74 Å². The summed E-state index contributed by atoms with van der Waals surface area (Å²) >= 11 is 0. The van der Waals surface area contributed by atoms with Gasteiger partial charge in [0.2, 0.25) is 0 Å². The van der Waals surface area contributed by atoms with E-state index in [1.165, 1.54) is 0 Å². The Hall–Kier alpha value is -3.15. The number of aromatic amines is 1. The first-order chi connectivity index (χ1) is 13.3. The van der Waals surface area contributed by atoms with Crippen molar-refractivity contribution in [3.05, 3.63) is 77.4 Å². The second kappa shape index (κ2) is 7.61. The number of amides is 1. The molecule has 0 bridgehead atoms. The van der Waals surface area contributed by atoms with Gasteiger partial charge in [-0.15, -0.1) is 0 Å². The molecule has 1 atom stereocenters. The molecule has 1 saturated heterocycles. The van der Waals surface area contributed by atoms with Crippen LogP contribution in [0.5, 0.6) is 5.75 Å². The van der Waals surface area contributed by atoms with Gasteiger partial charge >= 0.3 is 0 Å². The van der Waals surface area contributed by atoms with Crippen LogP contribution in [0.15, 0.2) is 54.7 Å².